The Balaban J connectivity index is 1.48. The summed E-state index contributed by atoms with van der Waals surface area (Å²) in [6.07, 6.45) is 2.66. The fourth-order valence-electron chi connectivity index (χ4n) is 2.65. The van der Waals surface area contributed by atoms with Gasteiger partial charge < -0.3 is 10.6 Å². The van der Waals surface area contributed by atoms with Crippen LogP contribution >= 0.6 is 22.9 Å². The van der Waals surface area contributed by atoms with Crippen molar-refractivity contribution < 1.29 is 9.59 Å². The van der Waals surface area contributed by atoms with E-state index in [1.807, 2.05) is 30.3 Å². The molecular weight excluding hydrogens is 394 g/mol. The Bertz CT molecular complexity index is 942. The molecule has 1 atom stereocenters. The van der Waals surface area contributed by atoms with Crippen molar-refractivity contribution in [3.63, 3.8) is 0 Å². The maximum Gasteiger partial charge on any atom is 0.251 e. The first-order valence-corrected chi connectivity index (χ1v) is 10.0. The van der Waals surface area contributed by atoms with Crippen molar-refractivity contribution in [2.24, 2.45) is 0 Å². The zero-order valence-electron chi connectivity index (χ0n) is 15.3. The Morgan fingerprint density at radius 2 is 1.82 bits per heavy atom. The lowest BCUT2D eigenvalue weighted by Crippen LogP contribution is -2.35. The molecule has 0 aliphatic carbocycles. The van der Waals surface area contributed by atoms with E-state index in [1.165, 1.54) is 11.3 Å². The van der Waals surface area contributed by atoms with Crippen LogP contribution in [0.15, 0.2) is 60.8 Å². The minimum Gasteiger partial charge on any atom is -0.349 e. The Kier molecular flexibility index (Phi) is 6.79. The molecule has 7 heteroatoms. The molecule has 0 spiro atoms. The highest BCUT2D eigenvalue weighted by molar-refractivity contribution is 7.15. The summed E-state index contributed by atoms with van der Waals surface area (Å²) < 4.78 is 0. The molecule has 2 aromatic carbocycles. The molecule has 1 heterocycles. The van der Waals surface area contributed by atoms with Crippen LogP contribution in [0.3, 0.4) is 0 Å². The summed E-state index contributed by atoms with van der Waals surface area (Å²) in [5.41, 5.74) is 1.70. The van der Waals surface area contributed by atoms with Gasteiger partial charge in [0.25, 0.3) is 5.91 Å². The molecule has 5 nitrogen and oxygen atoms in total. The quantitative estimate of drug-likeness (QED) is 0.597. The largest absolute Gasteiger partial charge is 0.349 e. The Hall–Kier alpha value is -2.70. The van der Waals surface area contributed by atoms with Gasteiger partial charge in [-0.1, -0.05) is 41.9 Å². The fourth-order valence-corrected chi connectivity index (χ4v) is 3.64. The van der Waals surface area contributed by atoms with E-state index in [2.05, 4.69) is 15.6 Å². The third kappa shape index (κ3) is 5.90. The van der Waals surface area contributed by atoms with E-state index in [1.54, 1.807) is 37.4 Å². The van der Waals surface area contributed by atoms with Gasteiger partial charge in [0.15, 0.2) is 5.13 Å². The van der Waals surface area contributed by atoms with Crippen LogP contribution < -0.4 is 10.6 Å². The second-order valence-corrected chi connectivity index (χ2v) is 7.98. The lowest BCUT2D eigenvalue weighted by molar-refractivity contribution is -0.116. The summed E-state index contributed by atoms with van der Waals surface area (Å²) in [5, 5.41) is 6.88. The highest BCUT2D eigenvalue weighted by Gasteiger charge is 2.14. The molecule has 0 radical (unpaired) electrons. The molecule has 0 bridgehead atoms. The van der Waals surface area contributed by atoms with Crippen LogP contribution in [-0.2, 0) is 11.2 Å². The van der Waals surface area contributed by atoms with Gasteiger partial charge in [0, 0.05) is 40.5 Å². The van der Waals surface area contributed by atoms with E-state index >= 15 is 0 Å². The lowest BCUT2D eigenvalue weighted by Gasteiger charge is -2.13. The van der Waals surface area contributed by atoms with Gasteiger partial charge in [-0.2, -0.15) is 0 Å². The predicted octanol–water partition coefficient (Wildman–Crippen LogP) is 4.53. The summed E-state index contributed by atoms with van der Waals surface area (Å²) in [4.78, 5) is 29.7. The van der Waals surface area contributed by atoms with E-state index in [4.69, 9.17) is 11.6 Å². The van der Waals surface area contributed by atoms with Gasteiger partial charge in [-0.25, -0.2) is 4.98 Å². The number of halogens is 1. The van der Waals surface area contributed by atoms with Crippen molar-refractivity contribution in [3.05, 3.63) is 81.8 Å². The number of hydrogen-bond acceptors (Lipinski definition) is 4. The molecule has 0 aliphatic heterocycles. The van der Waals surface area contributed by atoms with Crippen LogP contribution in [0.4, 0.5) is 5.13 Å². The number of benzene rings is 2. The standard InChI is InChI=1S/C21H20ClN3O2S/c1-14(24-20(27)16-5-3-2-4-6-16)11-19(26)25-21-23-13-18(28-21)12-15-7-9-17(22)10-8-15/h2-10,13-14H,11-12H2,1H3,(H,24,27)(H,23,25,26). The number of amides is 2. The molecule has 1 aromatic heterocycles. The molecule has 28 heavy (non-hydrogen) atoms. The van der Waals surface area contributed by atoms with Crippen LogP contribution in [0, 0.1) is 0 Å². The first kappa shape index (κ1) is 20.0. The first-order chi connectivity index (χ1) is 13.5. The Morgan fingerprint density at radius 1 is 1.11 bits per heavy atom. The van der Waals surface area contributed by atoms with Crippen molar-refractivity contribution in [2.45, 2.75) is 25.8 Å². The molecule has 0 saturated carbocycles. The van der Waals surface area contributed by atoms with Crippen molar-refractivity contribution in [1.29, 1.82) is 0 Å². The van der Waals surface area contributed by atoms with Gasteiger partial charge in [0.05, 0.1) is 0 Å². The fraction of sp³-hybridized carbons (Fsp3) is 0.190. The van der Waals surface area contributed by atoms with Crippen molar-refractivity contribution in [2.75, 3.05) is 5.32 Å². The maximum absolute atomic E-state index is 12.2. The van der Waals surface area contributed by atoms with Crippen LogP contribution in [-0.4, -0.2) is 22.8 Å². The molecule has 144 valence electrons. The second-order valence-electron chi connectivity index (χ2n) is 6.43. The number of hydrogen-bond donors (Lipinski definition) is 2. The third-order valence-electron chi connectivity index (χ3n) is 4.00. The van der Waals surface area contributed by atoms with Gasteiger partial charge in [-0.05, 0) is 36.8 Å². The van der Waals surface area contributed by atoms with E-state index in [0.29, 0.717) is 15.7 Å². The average Bonchev–Trinajstić information content (AvgIpc) is 3.10. The van der Waals surface area contributed by atoms with Crippen LogP contribution in [0.5, 0.6) is 0 Å². The molecule has 2 N–H and O–H groups in total. The van der Waals surface area contributed by atoms with Gasteiger partial charge in [-0.15, -0.1) is 11.3 Å². The normalized spacial score (nSPS) is 11.6. The molecule has 0 aliphatic rings. The number of carbonyl (C=O) groups is 2. The number of aromatic nitrogens is 1. The van der Waals surface area contributed by atoms with Crippen LogP contribution in [0.25, 0.3) is 0 Å². The topological polar surface area (TPSA) is 71.1 Å². The second kappa shape index (κ2) is 9.48. The Morgan fingerprint density at radius 3 is 2.54 bits per heavy atom. The lowest BCUT2D eigenvalue weighted by atomic mass is 10.1. The van der Waals surface area contributed by atoms with Gasteiger partial charge >= 0.3 is 0 Å². The number of rotatable bonds is 7. The van der Waals surface area contributed by atoms with Crippen molar-refractivity contribution in [3.8, 4) is 0 Å². The molecule has 0 fully saturated rings. The first-order valence-electron chi connectivity index (χ1n) is 8.84. The highest BCUT2D eigenvalue weighted by Crippen LogP contribution is 2.22. The van der Waals surface area contributed by atoms with Crippen molar-refractivity contribution >= 4 is 39.9 Å². The van der Waals surface area contributed by atoms with Gasteiger partial charge in [-0.3, -0.25) is 9.59 Å². The molecule has 3 aromatic rings. The number of nitrogens with one attached hydrogen (secondary N) is 2. The summed E-state index contributed by atoms with van der Waals surface area (Å²) in [7, 11) is 0. The smallest absolute Gasteiger partial charge is 0.251 e. The predicted molar refractivity (Wildman–Crippen MR) is 113 cm³/mol. The molecule has 3 rings (SSSR count). The Labute approximate surface area is 172 Å². The highest BCUT2D eigenvalue weighted by atomic mass is 35.5. The van der Waals surface area contributed by atoms with Crippen LogP contribution in [0.1, 0.15) is 34.1 Å². The molecule has 2 amide bonds. The zero-order valence-corrected chi connectivity index (χ0v) is 16.9. The monoisotopic (exact) mass is 413 g/mol. The maximum atomic E-state index is 12.2. The number of anilines is 1. The van der Waals surface area contributed by atoms with E-state index in [-0.39, 0.29) is 24.3 Å². The summed E-state index contributed by atoms with van der Waals surface area (Å²) in [6, 6.07) is 16.3. The number of nitrogens with zero attached hydrogens (tertiary/aromatic N) is 1. The van der Waals surface area contributed by atoms with Gasteiger partial charge in [0.2, 0.25) is 5.91 Å². The van der Waals surface area contributed by atoms with E-state index in [9.17, 15) is 9.59 Å². The number of carbonyl (C=O) groups excluding carboxylic acids is 2. The minimum absolute atomic E-state index is 0.171. The molecule has 1 unspecified atom stereocenters. The molecular formula is C21H20ClN3O2S. The summed E-state index contributed by atoms with van der Waals surface area (Å²) in [5.74, 6) is -0.381. The minimum atomic E-state index is -0.291. The average molecular weight is 414 g/mol. The molecule has 0 saturated heterocycles. The summed E-state index contributed by atoms with van der Waals surface area (Å²) in [6.45, 7) is 1.80. The van der Waals surface area contributed by atoms with Gasteiger partial charge in [0.1, 0.15) is 0 Å². The SMILES string of the molecule is CC(CC(=O)Nc1ncc(Cc2ccc(Cl)cc2)s1)NC(=O)c1ccccc1. The number of thiazole rings is 1. The van der Waals surface area contributed by atoms with E-state index in [0.717, 1.165) is 16.9 Å². The zero-order chi connectivity index (χ0) is 19.9. The summed E-state index contributed by atoms with van der Waals surface area (Å²) >= 11 is 7.34. The van der Waals surface area contributed by atoms with Crippen LogP contribution in [0.2, 0.25) is 5.02 Å². The van der Waals surface area contributed by atoms with Crippen molar-refractivity contribution in [1.82, 2.24) is 10.3 Å². The van der Waals surface area contributed by atoms with E-state index < -0.39 is 0 Å². The third-order valence-corrected chi connectivity index (χ3v) is 5.16.